The number of aromatic nitrogens is 2. The van der Waals surface area contributed by atoms with Gasteiger partial charge >= 0.3 is 9.68 Å². The number of hydrogen-bond acceptors (Lipinski definition) is 0. The Bertz CT molecular complexity index is 136. The third-order valence-corrected chi connectivity index (χ3v) is 1.85. The van der Waals surface area contributed by atoms with Crippen LogP contribution in [0.15, 0.2) is 18.7 Å². The Labute approximate surface area is 51.5 Å². The number of imidazole rings is 1. The molecule has 1 aromatic heterocycles. The van der Waals surface area contributed by atoms with Crippen LogP contribution in [0.2, 0.25) is 6.04 Å². The zero-order valence-corrected chi connectivity index (χ0v) is 5.89. The van der Waals surface area contributed by atoms with Gasteiger partial charge in [-0.25, -0.2) is 0 Å². The summed E-state index contributed by atoms with van der Waals surface area (Å²) in [4.78, 5) is 2.98. The first-order valence-corrected chi connectivity index (χ1v) is 3.87. The van der Waals surface area contributed by atoms with Gasteiger partial charge in [-0.05, 0) is 6.04 Å². The van der Waals surface area contributed by atoms with Crippen LogP contribution in [0.5, 0.6) is 0 Å². The average Bonchev–Trinajstić information content (AvgIpc) is 2.19. The van der Waals surface area contributed by atoms with Gasteiger partial charge in [0.15, 0.2) is 0 Å². The van der Waals surface area contributed by atoms with E-state index < -0.39 is 0 Å². The molecule has 8 heavy (non-hydrogen) atoms. The summed E-state index contributed by atoms with van der Waals surface area (Å²) < 4.78 is 2.15. The maximum atomic E-state index is 2.98. The molecule has 0 bridgehead atoms. The van der Waals surface area contributed by atoms with Gasteiger partial charge < -0.3 is 0 Å². The summed E-state index contributed by atoms with van der Waals surface area (Å²) in [5, 5.41) is 0. The molecule has 0 spiro atoms. The normalized spacial score (nSPS) is 9.62. The quantitative estimate of drug-likeness (QED) is 0.545. The van der Waals surface area contributed by atoms with Gasteiger partial charge in [-0.2, -0.15) is 0 Å². The summed E-state index contributed by atoms with van der Waals surface area (Å²) in [5.41, 5.74) is 0. The van der Waals surface area contributed by atoms with E-state index in [-0.39, 0.29) is 0 Å². The Balaban J connectivity index is 2.50. The number of aromatic amines is 1. The number of H-pyrrole nitrogens is 1. The number of hydrogen-bond donors (Lipinski definition) is 1. The second kappa shape index (κ2) is 2.67. The number of nitrogens with zero attached hydrogens (tertiary/aromatic N) is 1. The highest BCUT2D eigenvalue weighted by Gasteiger charge is 1.94. The van der Waals surface area contributed by atoms with E-state index in [0.29, 0.717) is 0 Å². The predicted molar refractivity (Wildman–Crippen MR) is 32.6 cm³/mol. The van der Waals surface area contributed by atoms with Gasteiger partial charge in [-0.3, -0.25) is 9.22 Å². The van der Waals surface area contributed by atoms with Crippen LogP contribution in [0.3, 0.4) is 0 Å². The molecule has 0 aliphatic rings. The second-order valence-corrected chi connectivity index (χ2v) is 3.07. The molecule has 0 fully saturated rings. The van der Waals surface area contributed by atoms with Crippen molar-refractivity contribution in [2.75, 3.05) is 0 Å². The van der Waals surface area contributed by atoms with Crippen molar-refractivity contribution in [1.82, 2.24) is 4.98 Å². The highest BCUT2D eigenvalue weighted by atomic mass is 28.2. The molecule has 0 saturated carbocycles. The van der Waals surface area contributed by atoms with Crippen LogP contribution >= 0.6 is 0 Å². The van der Waals surface area contributed by atoms with Crippen LogP contribution in [0.1, 0.15) is 6.92 Å². The molecule has 3 heteroatoms. The molecule has 1 heterocycles. The molecular weight excluding hydrogens is 116 g/mol. The molecule has 0 saturated heterocycles. The van der Waals surface area contributed by atoms with Crippen molar-refractivity contribution in [3.63, 3.8) is 0 Å². The van der Waals surface area contributed by atoms with Crippen molar-refractivity contribution in [2.24, 2.45) is 0 Å². The monoisotopic (exact) mass is 125 g/mol. The van der Waals surface area contributed by atoms with Gasteiger partial charge in [0.2, 0.25) is 6.33 Å². The first-order chi connectivity index (χ1) is 3.93. The molecule has 2 nitrogen and oxygen atoms in total. The van der Waals surface area contributed by atoms with Crippen LogP contribution in [0, 0.1) is 0 Å². The van der Waals surface area contributed by atoms with Crippen LogP contribution in [0.4, 0.5) is 0 Å². The summed E-state index contributed by atoms with van der Waals surface area (Å²) in [5.74, 6) is 0. The average molecular weight is 125 g/mol. The number of nitrogens with one attached hydrogen (secondary N) is 1. The molecule has 42 valence electrons. The molecule has 0 unspecified atom stereocenters. The van der Waals surface area contributed by atoms with E-state index in [1.54, 1.807) is 0 Å². The topological polar surface area (TPSA) is 19.7 Å². The Kier molecular flexibility index (Phi) is 1.85. The van der Waals surface area contributed by atoms with Gasteiger partial charge in [0, 0.05) is 0 Å². The van der Waals surface area contributed by atoms with Crippen LogP contribution in [0.25, 0.3) is 0 Å². The lowest BCUT2D eigenvalue weighted by Crippen LogP contribution is -2.36. The SMILES string of the molecule is CC[Si][n+]1cc[nH]c1. The molecule has 1 rings (SSSR count). The van der Waals surface area contributed by atoms with E-state index in [9.17, 15) is 0 Å². The van der Waals surface area contributed by atoms with Crippen molar-refractivity contribution >= 4 is 9.68 Å². The molecule has 0 aromatic carbocycles. The van der Waals surface area contributed by atoms with Gasteiger partial charge in [0.05, 0.1) is 0 Å². The van der Waals surface area contributed by atoms with Crippen molar-refractivity contribution in [1.29, 1.82) is 0 Å². The van der Waals surface area contributed by atoms with Gasteiger partial charge in [-0.15, -0.1) is 0 Å². The zero-order chi connectivity index (χ0) is 5.82. The maximum Gasteiger partial charge on any atom is 0.337 e. The Morgan fingerprint density at radius 1 is 1.75 bits per heavy atom. The van der Waals surface area contributed by atoms with Crippen molar-refractivity contribution < 1.29 is 4.23 Å². The predicted octanol–water partition coefficient (Wildman–Crippen LogP) is 0.208. The van der Waals surface area contributed by atoms with Crippen LogP contribution < -0.4 is 4.23 Å². The summed E-state index contributed by atoms with van der Waals surface area (Å²) in [6.45, 7) is 2.18. The lowest BCUT2D eigenvalue weighted by atomic mass is 11.0. The molecule has 0 aliphatic heterocycles. The van der Waals surface area contributed by atoms with E-state index in [1.807, 2.05) is 18.7 Å². The standard InChI is InChI=1S/C5H9N2Si/c1-2-8-7-4-3-6-5-7/h3-6H,2H2,1H3/q+1. The van der Waals surface area contributed by atoms with E-state index in [2.05, 4.69) is 16.1 Å². The smallest absolute Gasteiger partial charge is 0.284 e. The largest absolute Gasteiger partial charge is 0.337 e. The minimum absolute atomic E-state index is 0.897. The summed E-state index contributed by atoms with van der Waals surface area (Å²) in [6.07, 6.45) is 5.95. The van der Waals surface area contributed by atoms with E-state index >= 15 is 0 Å². The first kappa shape index (κ1) is 5.56. The molecular formula is C5H9N2Si+. The fraction of sp³-hybridized carbons (Fsp3) is 0.400. The molecule has 0 aliphatic carbocycles. The zero-order valence-electron chi connectivity index (χ0n) is 4.89. The summed E-state index contributed by atoms with van der Waals surface area (Å²) in [7, 11) is 0.897. The second-order valence-electron chi connectivity index (χ2n) is 1.53. The van der Waals surface area contributed by atoms with Gasteiger partial charge in [0.25, 0.3) is 0 Å². The highest BCUT2D eigenvalue weighted by Crippen LogP contribution is 1.69. The first-order valence-electron chi connectivity index (χ1n) is 2.71. The van der Waals surface area contributed by atoms with Crippen molar-refractivity contribution in [3.8, 4) is 0 Å². The maximum absolute atomic E-state index is 2.98. The molecule has 0 atom stereocenters. The van der Waals surface area contributed by atoms with Gasteiger partial charge in [0.1, 0.15) is 12.4 Å². The Hall–Kier alpha value is -0.573. The van der Waals surface area contributed by atoms with E-state index in [4.69, 9.17) is 0 Å². The molecule has 1 aromatic rings. The van der Waals surface area contributed by atoms with Gasteiger partial charge in [-0.1, -0.05) is 6.92 Å². The lowest BCUT2D eigenvalue weighted by Gasteiger charge is -1.81. The minimum Gasteiger partial charge on any atom is -0.284 e. The highest BCUT2D eigenvalue weighted by molar-refractivity contribution is 6.23. The third-order valence-electron chi connectivity index (χ3n) is 0.886. The van der Waals surface area contributed by atoms with Crippen LogP contribution in [-0.4, -0.2) is 14.7 Å². The molecule has 1 N–H and O–H groups in total. The Morgan fingerprint density at radius 3 is 3.12 bits per heavy atom. The van der Waals surface area contributed by atoms with E-state index in [1.165, 1.54) is 6.04 Å². The lowest BCUT2D eigenvalue weighted by molar-refractivity contribution is -0.527. The minimum atomic E-state index is 0.897. The van der Waals surface area contributed by atoms with Crippen LogP contribution in [-0.2, 0) is 0 Å². The summed E-state index contributed by atoms with van der Waals surface area (Å²) >= 11 is 0. The molecule has 0 amide bonds. The van der Waals surface area contributed by atoms with Crippen molar-refractivity contribution in [2.45, 2.75) is 13.0 Å². The fourth-order valence-corrected chi connectivity index (χ4v) is 1.28. The third kappa shape index (κ3) is 1.20. The van der Waals surface area contributed by atoms with E-state index in [0.717, 1.165) is 9.68 Å². The number of rotatable bonds is 2. The Morgan fingerprint density at radius 2 is 2.62 bits per heavy atom. The summed E-state index contributed by atoms with van der Waals surface area (Å²) in [6, 6.07) is 1.22. The molecule has 2 radical (unpaired) electrons. The van der Waals surface area contributed by atoms with Crippen molar-refractivity contribution in [3.05, 3.63) is 18.7 Å². The fourth-order valence-electron chi connectivity index (χ4n) is 0.571.